The van der Waals surface area contributed by atoms with E-state index in [1.807, 2.05) is 48.5 Å². The second kappa shape index (κ2) is 21.0. The van der Waals surface area contributed by atoms with Gasteiger partial charge in [-0.25, -0.2) is 0 Å². The fourth-order valence-corrected chi connectivity index (χ4v) is 11.7. The van der Waals surface area contributed by atoms with Crippen LogP contribution in [0.4, 0.5) is 11.4 Å². The smallest absolute Gasteiger partial charge is 0.325 e. The van der Waals surface area contributed by atoms with Crippen molar-refractivity contribution in [3.63, 3.8) is 0 Å². The zero-order valence-electron chi connectivity index (χ0n) is 47.6. The zero-order chi connectivity index (χ0) is 59.8. The first-order valence-electron chi connectivity index (χ1n) is 28.7. The molecule has 88 heavy (non-hydrogen) atoms. The Morgan fingerprint density at radius 3 is 0.455 bits per heavy atom. The number of fused-ring (bicyclic) bond motifs is 4. The monoisotopic (exact) mass is 1170 g/mol. The molecule has 16 nitrogen and oxygen atoms in total. The molecule has 6 heterocycles. The van der Waals surface area contributed by atoms with Crippen molar-refractivity contribution in [3.8, 4) is 0 Å². The molecule has 0 amide bonds. The molecule has 0 atom stereocenters. The van der Waals surface area contributed by atoms with Gasteiger partial charge in [-0.2, -0.15) is 0 Å². The van der Waals surface area contributed by atoms with Gasteiger partial charge in [-0.1, -0.05) is 267 Å². The van der Waals surface area contributed by atoms with E-state index in [-0.39, 0.29) is 44.5 Å². The Labute approximate surface area is 507 Å². The third-order valence-corrected chi connectivity index (χ3v) is 15.9. The van der Waals surface area contributed by atoms with Crippen LogP contribution in [-0.2, 0) is 126 Å². The van der Waals surface area contributed by atoms with Crippen LogP contribution < -0.4 is 11.5 Å². The predicted molar refractivity (Wildman–Crippen MR) is 317 cm³/mol. The van der Waals surface area contributed by atoms with Crippen molar-refractivity contribution in [2.45, 2.75) is 73.2 Å². The minimum absolute atomic E-state index is 0.132. The minimum atomic E-state index is -2.93. The zero-order valence-corrected chi connectivity index (χ0v) is 47.6. The Morgan fingerprint density at radius 2 is 0.307 bits per heavy atom. The molecular weight excluding hydrogens is 1120 g/mol. The van der Waals surface area contributed by atoms with Crippen molar-refractivity contribution in [1.29, 1.82) is 0 Å². The lowest BCUT2D eigenvalue weighted by Crippen LogP contribution is -2.72. The molecule has 10 aromatic carbocycles. The fourth-order valence-electron chi connectivity index (χ4n) is 11.7. The van der Waals surface area contributed by atoms with Gasteiger partial charge in [0.25, 0.3) is 0 Å². The molecule has 0 aromatic heterocycles. The molecule has 0 aliphatic carbocycles. The van der Waals surface area contributed by atoms with Gasteiger partial charge in [-0.15, -0.1) is 0 Å². The van der Waals surface area contributed by atoms with Crippen LogP contribution in [0.5, 0.6) is 0 Å². The van der Waals surface area contributed by atoms with E-state index in [1.54, 1.807) is 257 Å². The van der Waals surface area contributed by atoms with Crippen molar-refractivity contribution in [1.82, 2.24) is 0 Å². The van der Waals surface area contributed by atoms with Crippen LogP contribution in [0.25, 0.3) is 0 Å². The Bertz CT molecular complexity index is 3560. The number of nitrogen functional groups attached to an aromatic ring is 2. The maximum atomic E-state index is 8.14. The van der Waals surface area contributed by atoms with Gasteiger partial charge in [0.15, 0.2) is 0 Å². The number of ether oxygens (including phenoxy) is 14. The number of rotatable bonds is 10. The first-order valence-corrected chi connectivity index (χ1v) is 28.7. The van der Waals surface area contributed by atoms with Gasteiger partial charge in [0.1, 0.15) is 0 Å². The molecule has 6 fully saturated rings. The summed E-state index contributed by atoms with van der Waals surface area (Å²) >= 11 is 0. The average Bonchev–Trinajstić information content (AvgIpc) is 0.695. The normalized spacial score (nSPS) is 32.6. The van der Waals surface area contributed by atoms with Gasteiger partial charge in [-0.3, -0.25) is 66.3 Å². The van der Waals surface area contributed by atoms with Gasteiger partial charge in [0, 0.05) is 67.0 Å². The summed E-state index contributed by atoms with van der Waals surface area (Å²) in [4.78, 5) is 0. The summed E-state index contributed by atoms with van der Waals surface area (Å²) in [7, 11) is 0. The lowest BCUT2D eigenvalue weighted by molar-refractivity contribution is -0.782. The van der Waals surface area contributed by atoms with Crippen LogP contribution in [0.2, 0.25) is 0 Å². The second-order valence-electron chi connectivity index (χ2n) is 21.9. The highest BCUT2D eigenvalue weighted by atomic mass is 17.2. The van der Waals surface area contributed by atoms with E-state index in [1.165, 1.54) is 0 Å². The van der Waals surface area contributed by atoms with Crippen molar-refractivity contribution in [2.75, 3.05) is 11.5 Å². The number of hydrogen-bond acceptors (Lipinski definition) is 16. The summed E-state index contributed by atoms with van der Waals surface area (Å²) < 4.78 is 113. The number of hydrogen-bond donors (Lipinski definition) is 2. The molecule has 16 rings (SSSR count). The molecule has 4 N–H and O–H groups in total. The fraction of sp³-hybridized carbons (Fsp3) is 0.167. The molecule has 16 heteroatoms. The predicted octanol–water partition coefficient (Wildman–Crippen LogP) is 13.7. The van der Waals surface area contributed by atoms with E-state index in [0.29, 0.717) is 22.5 Å². The molecule has 10 aromatic rings. The quantitative estimate of drug-likeness (QED) is 0.123. The van der Waals surface area contributed by atoms with E-state index in [2.05, 4.69) is 0 Å². The first kappa shape index (κ1) is 55.8. The molecule has 0 unspecified atom stereocenters. The maximum Gasteiger partial charge on any atom is 0.325 e. The third-order valence-electron chi connectivity index (χ3n) is 15.9. The van der Waals surface area contributed by atoms with E-state index in [9.17, 15) is 0 Å². The van der Waals surface area contributed by atoms with Gasteiger partial charge in [-0.05, 0) is 38.1 Å². The van der Waals surface area contributed by atoms with Gasteiger partial charge >= 0.3 is 47.8 Å². The largest absolute Gasteiger partial charge is 0.399 e. The van der Waals surface area contributed by atoms with E-state index >= 15 is 0 Å². The first-order chi connectivity index (χ1) is 42.7. The molecule has 0 radical (unpaired) electrons. The van der Waals surface area contributed by atoms with Crippen LogP contribution in [-0.4, -0.2) is 0 Å². The van der Waals surface area contributed by atoms with E-state index in [4.69, 9.17) is 77.8 Å². The van der Waals surface area contributed by atoms with Gasteiger partial charge < -0.3 is 11.5 Å². The van der Waals surface area contributed by atoms with E-state index < -0.39 is 59.4 Å². The summed E-state index contributed by atoms with van der Waals surface area (Å²) in [6, 6.07) is 84.8. The highest BCUT2D eigenvalue weighted by Gasteiger charge is 2.77. The Kier molecular flexibility index (Phi) is 13.3. The number of anilines is 2. The van der Waals surface area contributed by atoms with E-state index in [0.717, 1.165) is 0 Å². The summed E-state index contributed by atoms with van der Waals surface area (Å²) in [5.41, 5.74) is 15.8. The summed E-state index contributed by atoms with van der Waals surface area (Å²) in [6.45, 7) is 3.33. The molecular formula is C72H58N2O14. The van der Waals surface area contributed by atoms with Crippen LogP contribution in [0.1, 0.15) is 69.5 Å². The van der Waals surface area contributed by atoms with Crippen molar-refractivity contribution >= 4 is 11.4 Å². The summed E-state index contributed by atoms with van der Waals surface area (Å²) in [5, 5.41) is 0. The van der Waals surface area contributed by atoms with Gasteiger partial charge in [0.2, 0.25) is 11.6 Å². The molecule has 6 saturated heterocycles. The highest BCUT2D eigenvalue weighted by Crippen LogP contribution is 2.67. The molecule has 6 aliphatic rings. The average molecular weight is 1180 g/mol. The second-order valence-corrected chi connectivity index (χ2v) is 21.9. The lowest BCUT2D eigenvalue weighted by atomic mass is 10.0. The molecule has 0 saturated carbocycles. The molecule has 8 bridgehead atoms. The lowest BCUT2D eigenvalue weighted by Gasteiger charge is -2.63. The van der Waals surface area contributed by atoms with Crippen molar-refractivity contribution < 1.29 is 66.3 Å². The Balaban J connectivity index is 1.23. The minimum Gasteiger partial charge on any atom is -0.399 e. The number of benzene rings is 10. The van der Waals surface area contributed by atoms with Crippen molar-refractivity contribution in [2.24, 2.45) is 0 Å². The molecule has 0 spiro atoms. The summed E-state index contributed by atoms with van der Waals surface area (Å²) in [5.74, 6) is -27.5. The topological polar surface area (TPSA) is 181 Å². The van der Waals surface area contributed by atoms with Crippen LogP contribution in [0, 0.1) is 0 Å². The van der Waals surface area contributed by atoms with Gasteiger partial charge in [0.05, 0.1) is 0 Å². The van der Waals surface area contributed by atoms with Crippen molar-refractivity contribution in [3.05, 3.63) is 347 Å². The van der Waals surface area contributed by atoms with Crippen LogP contribution >= 0.6 is 0 Å². The summed E-state index contributed by atoms with van der Waals surface area (Å²) in [6.07, 6.45) is 0. The number of nitrogens with two attached hydrogens (primary N) is 2. The maximum absolute atomic E-state index is 8.14. The standard InChI is InChI=1S/C72H58N2O14/c1-63(51-43-47-61(73)48-44-51)75-65(53-27-11-3-12-28-53)79-69(57-35-19-7-20-36-57)83-67(55-31-15-5-16-32-55)77-64(2,52-45-49-62(74)50-46-52)78-68(56-33-17-6-18-34-56)85-71(87-69,59-39-23-9-24-40-59)81-66(76-63,54-29-13-4-14-30-54)82-72(86-68,60-41-25-10-26-42-60)88-70(80-65,84-67)58-37-21-8-22-38-58/h3-50H,73-74H2,1-2H3. The molecule has 440 valence electrons. The van der Waals surface area contributed by atoms with Crippen LogP contribution in [0.15, 0.2) is 291 Å². The van der Waals surface area contributed by atoms with Crippen LogP contribution in [0.3, 0.4) is 0 Å². The third kappa shape index (κ3) is 9.34. The Morgan fingerprint density at radius 1 is 0.170 bits per heavy atom. The highest BCUT2D eigenvalue weighted by molar-refractivity contribution is 5.43. The Hall–Kier alpha value is -8.76. The molecule has 6 aliphatic heterocycles. The SMILES string of the molecule is CC1(c2ccc(N)cc2)OC2(c3ccccc3)OC3(c4ccccc4)OC4(c5ccccc5)OC(C)(c5ccc(N)cc5)OC5(c6ccccc6)OC(c6ccccc6)(OC(c6ccccc6)(O1)OC(c1ccccc1)(O5)OC(c1ccccc1)(O2)O4)O3.